The zero-order valence-electron chi connectivity index (χ0n) is 14.9. The number of carbonyl (C=O) groups is 1. The Bertz CT molecular complexity index is 668. The first-order chi connectivity index (χ1) is 11.7. The molecule has 0 aromatic rings. The normalized spacial score (nSPS) is 40.4. The summed E-state index contributed by atoms with van der Waals surface area (Å²) < 4.78 is 28.5. The molecule has 2 amide bonds. The third-order valence-electron chi connectivity index (χ3n) is 5.93. The number of urea groups is 1. The van der Waals surface area contributed by atoms with Gasteiger partial charge in [-0.15, -0.1) is 11.8 Å². The highest BCUT2D eigenvalue weighted by atomic mass is 32.2. The minimum absolute atomic E-state index is 0.0175. The monoisotopic (exact) mass is 389 g/mol. The molecule has 25 heavy (non-hydrogen) atoms. The number of thioether (sulfide) groups is 1. The molecule has 3 N–H and O–H groups in total. The fourth-order valence-electron chi connectivity index (χ4n) is 4.17. The van der Waals surface area contributed by atoms with Crippen molar-refractivity contribution in [2.45, 2.75) is 79.7 Å². The maximum atomic E-state index is 12.8. The molecule has 0 radical (unpaired) electrons. The highest BCUT2D eigenvalue weighted by molar-refractivity contribution is 8.00. The van der Waals surface area contributed by atoms with E-state index in [0.717, 1.165) is 19.3 Å². The SMILES string of the molecule is CC1NNC(N2C(=O)N(C)C3CCC(S(=O)(=O)NC4(C)CC4)CC32)S1. The van der Waals surface area contributed by atoms with Crippen LogP contribution in [0.15, 0.2) is 0 Å². The van der Waals surface area contributed by atoms with E-state index in [4.69, 9.17) is 0 Å². The van der Waals surface area contributed by atoms with Gasteiger partial charge in [-0.1, -0.05) is 0 Å². The van der Waals surface area contributed by atoms with Gasteiger partial charge in [0.15, 0.2) is 0 Å². The lowest BCUT2D eigenvalue weighted by Gasteiger charge is -2.37. The molecule has 2 aliphatic carbocycles. The van der Waals surface area contributed by atoms with Crippen LogP contribution in [-0.2, 0) is 10.0 Å². The molecule has 2 saturated carbocycles. The minimum atomic E-state index is -3.36. The number of hydrogen-bond acceptors (Lipinski definition) is 6. The maximum absolute atomic E-state index is 12.8. The minimum Gasteiger partial charge on any atom is -0.323 e. The Morgan fingerprint density at radius 3 is 2.56 bits per heavy atom. The molecule has 2 aliphatic heterocycles. The largest absolute Gasteiger partial charge is 0.323 e. The van der Waals surface area contributed by atoms with Crippen LogP contribution in [0.2, 0.25) is 0 Å². The number of hydrogen-bond donors (Lipinski definition) is 3. The summed E-state index contributed by atoms with van der Waals surface area (Å²) in [5.74, 6) is 0. The van der Waals surface area contributed by atoms with Crippen molar-refractivity contribution in [3.63, 3.8) is 0 Å². The summed E-state index contributed by atoms with van der Waals surface area (Å²) in [4.78, 5) is 16.4. The van der Waals surface area contributed by atoms with Gasteiger partial charge in [-0.25, -0.2) is 28.8 Å². The van der Waals surface area contributed by atoms with E-state index in [2.05, 4.69) is 15.6 Å². The quantitative estimate of drug-likeness (QED) is 0.651. The van der Waals surface area contributed by atoms with Crippen molar-refractivity contribution in [1.29, 1.82) is 0 Å². The molecule has 4 aliphatic rings. The van der Waals surface area contributed by atoms with Gasteiger partial charge in [0.05, 0.1) is 22.7 Å². The van der Waals surface area contributed by atoms with E-state index < -0.39 is 15.3 Å². The van der Waals surface area contributed by atoms with Crippen molar-refractivity contribution < 1.29 is 13.2 Å². The van der Waals surface area contributed by atoms with Crippen LogP contribution in [0.4, 0.5) is 4.79 Å². The summed E-state index contributed by atoms with van der Waals surface area (Å²) in [6, 6.07) is 0.00163. The number of nitrogens with zero attached hydrogens (tertiary/aromatic N) is 2. The molecular formula is C15H27N5O3S2. The second kappa shape index (κ2) is 5.98. The lowest BCUT2D eigenvalue weighted by atomic mass is 9.90. The first kappa shape index (κ1) is 17.8. The number of hydrazine groups is 1. The molecule has 0 bridgehead atoms. The van der Waals surface area contributed by atoms with Gasteiger partial charge >= 0.3 is 6.03 Å². The first-order valence-corrected chi connectivity index (χ1v) is 11.4. The predicted octanol–water partition coefficient (Wildman–Crippen LogP) is 0.586. The molecule has 4 fully saturated rings. The molecule has 8 nitrogen and oxygen atoms in total. The van der Waals surface area contributed by atoms with Crippen molar-refractivity contribution in [3.8, 4) is 0 Å². The number of rotatable bonds is 4. The van der Waals surface area contributed by atoms with E-state index in [0.29, 0.717) is 12.8 Å². The fraction of sp³-hybridized carbons (Fsp3) is 0.933. The van der Waals surface area contributed by atoms with E-state index in [-0.39, 0.29) is 34.5 Å². The summed E-state index contributed by atoms with van der Waals surface area (Å²) in [7, 11) is -1.53. The van der Waals surface area contributed by atoms with Crippen molar-refractivity contribution in [2.24, 2.45) is 0 Å². The number of fused-ring (bicyclic) bond motifs is 1. The summed E-state index contributed by atoms with van der Waals surface area (Å²) in [5, 5.41) is -0.216. The van der Waals surface area contributed by atoms with Gasteiger partial charge in [-0.3, -0.25) is 4.90 Å². The number of nitrogens with one attached hydrogen (secondary N) is 3. The Labute approximate surface area is 153 Å². The van der Waals surface area contributed by atoms with Crippen LogP contribution in [0, 0.1) is 0 Å². The summed E-state index contributed by atoms with van der Waals surface area (Å²) >= 11 is 1.64. The summed E-state index contributed by atoms with van der Waals surface area (Å²) in [6.45, 7) is 4.00. The highest BCUT2D eigenvalue weighted by Gasteiger charge is 2.53. The predicted molar refractivity (Wildman–Crippen MR) is 97.0 cm³/mol. The summed E-state index contributed by atoms with van der Waals surface area (Å²) in [5.41, 5.74) is 5.88. The number of amides is 2. The standard InChI is InChI=1S/C15H27N5O3S2/c1-9-16-17-13(24-9)20-12-8-10(4-5-11(12)19(3)14(20)21)25(22,23)18-15(2)6-7-15/h9-13,16-18H,4-8H2,1-3H3. The fourth-order valence-corrected chi connectivity index (χ4v) is 7.16. The Morgan fingerprint density at radius 2 is 1.96 bits per heavy atom. The molecule has 4 rings (SSSR count). The van der Waals surface area contributed by atoms with Gasteiger partial charge in [-0.2, -0.15) is 0 Å². The number of likely N-dealkylation sites (N-methyl/N-ethyl adjacent to an activating group) is 1. The van der Waals surface area contributed by atoms with Crippen molar-refractivity contribution >= 4 is 27.8 Å². The van der Waals surface area contributed by atoms with Gasteiger partial charge in [-0.05, 0) is 46.0 Å². The van der Waals surface area contributed by atoms with E-state index in [1.807, 2.05) is 25.8 Å². The first-order valence-electron chi connectivity index (χ1n) is 8.95. The molecule has 10 heteroatoms. The second-order valence-corrected chi connectivity index (χ2v) is 11.4. The molecular weight excluding hydrogens is 362 g/mol. The maximum Gasteiger partial charge on any atom is 0.322 e. The molecule has 0 spiro atoms. The van der Waals surface area contributed by atoms with Crippen molar-refractivity contribution in [1.82, 2.24) is 25.4 Å². The van der Waals surface area contributed by atoms with Crippen LogP contribution in [0.5, 0.6) is 0 Å². The van der Waals surface area contributed by atoms with Crippen LogP contribution in [-0.4, -0.2) is 65.0 Å². The van der Waals surface area contributed by atoms with Crippen LogP contribution in [0.3, 0.4) is 0 Å². The molecule has 0 aromatic carbocycles. The zero-order chi connectivity index (χ0) is 18.0. The van der Waals surface area contributed by atoms with Crippen molar-refractivity contribution in [2.75, 3.05) is 7.05 Å². The van der Waals surface area contributed by atoms with E-state index in [9.17, 15) is 13.2 Å². The molecule has 5 unspecified atom stereocenters. The van der Waals surface area contributed by atoms with Gasteiger partial charge in [0.25, 0.3) is 0 Å². The number of sulfonamides is 1. The topological polar surface area (TPSA) is 93.8 Å². The summed E-state index contributed by atoms with van der Waals surface area (Å²) in [6.07, 6.45) is 3.65. The van der Waals surface area contributed by atoms with Crippen molar-refractivity contribution in [3.05, 3.63) is 0 Å². The highest BCUT2D eigenvalue weighted by Crippen LogP contribution is 2.41. The Balaban J connectivity index is 1.53. The third-order valence-corrected chi connectivity index (χ3v) is 9.15. The van der Waals surface area contributed by atoms with Gasteiger partial charge < -0.3 is 4.90 Å². The molecule has 5 atom stereocenters. The smallest absolute Gasteiger partial charge is 0.322 e. The van der Waals surface area contributed by atoms with Crippen LogP contribution in [0.1, 0.15) is 46.0 Å². The third kappa shape index (κ3) is 3.16. The lowest BCUT2D eigenvalue weighted by molar-refractivity contribution is 0.171. The van der Waals surface area contributed by atoms with Crippen LogP contribution >= 0.6 is 11.8 Å². The van der Waals surface area contributed by atoms with Crippen LogP contribution < -0.4 is 15.6 Å². The van der Waals surface area contributed by atoms with Gasteiger partial charge in [0.2, 0.25) is 10.0 Å². The molecule has 2 saturated heterocycles. The number of carbonyl (C=O) groups excluding carboxylic acids is 1. The van der Waals surface area contributed by atoms with Gasteiger partial charge in [0.1, 0.15) is 5.50 Å². The Hall–Kier alpha value is -0.550. The zero-order valence-corrected chi connectivity index (χ0v) is 16.5. The molecule has 142 valence electrons. The average molecular weight is 390 g/mol. The van der Waals surface area contributed by atoms with E-state index in [1.54, 1.807) is 16.7 Å². The molecule has 2 heterocycles. The Morgan fingerprint density at radius 1 is 1.24 bits per heavy atom. The van der Waals surface area contributed by atoms with Gasteiger partial charge in [0, 0.05) is 12.6 Å². The second-order valence-electron chi connectivity index (χ2n) is 8.00. The molecule has 0 aromatic heterocycles. The van der Waals surface area contributed by atoms with Crippen LogP contribution in [0.25, 0.3) is 0 Å². The van der Waals surface area contributed by atoms with E-state index in [1.165, 1.54) is 0 Å². The lowest BCUT2D eigenvalue weighted by Crippen LogP contribution is -2.53. The van der Waals surface area contributed by atoms with E-state index >= 15 is 0 Å². The Kier molecular flexibility index (Phi) is 4.27. The average Bonchev–Trinajstić information content (AvgIpc) is 3.00.